The van der Waals surface area contributed by atoms with E-state index in [-0.39, 0.29) is 12.5 Å². The molecule has 0 bridgehead atoms. The van der Waals surface area contributed by atoms with Gasteiger partial charge in [-0.05, 0) is 57.8 Å². The largest absolute Gasteiger partial charge is 0.394 e. The summed E-state index contributed by atoms with van der Waals surface area (Å²) < 4.78 is 0. The van der Waals surface area contributed by atoms with Gasteiger partial charge in [-0.15, -0.1) is 0 Å². The smallest absolute Gasteiger partial charge is 0.220 e. The summed E-state index contributed by atoms with van der Waals surface area (Å²) in [4.78, 5) is 12.2. The molecule has 0 aromatic heterocycles. The fourth-order valence-electron chi connectivity index (χ4n) is 5.17. The van der Waals surface area contributed by atoms with Crippen LogP contribution < -0.4 is 5.32 Å². The molecule has 0 rings (SSSR count). The van der Waals surface area contributed by atoms with Crippen LogP contribution in [0.25, 0.3) is 0 Å². The lowest BCUT2D eigenvalue weighted by molar-refractivity contribution is -0.123. The third-order valence-electron chi connectivity index (χ3n) is 8.01. The number of nitrogens with one attached hydrogen (secondary N) is 1. The van der Waals surface area contributed by atoms with Gasteiger partial charge in [0, 0.05) is 6.42 Å². The minimum atomic E-state index is -0.836. The predicted octanol–water partition coefficient (Wildman–Crippen LogP) is 11.0. The lowest BCUT2D eigenvalue weighted by atomic mass is 10.0. The first-order chi connectivity index (χ1) is 21.7. The van der Waals surface area contributed by atoms with Crippen LogP contribution in [0.5, 0.6) is 0 Å². The average Bonchev–Trinajstić information content (AvgIpc) is 3.03. The van der Waals surface area contributed by atoms with Gasteiger partial charge in [0.1, 0.15) is 0 Å². The van der Waals surface area contributed by atoms with Gasteiger partial charge >= 0.3 is 0 Å². The third-order valence-corrected chi connectivity index (χ3v) is 8.01. The van der Waals surface area contributed by atoms with Crippen LogP contribution in [0.15, 0.2) is 60.8 Å². The molecule has 254 valence electrons. The highest BCUT2D eigenvalue weighted by molar-refractivity contribution is 5.76. The molecule has 0 aliphatic rings. The molecule has 0 aliphatic heterocycles. The molecule has 0 spiro atoms. The van der Waals surface area contributed by atoms with Crippen molar-refractivity contribution < 1.29 is 15.0 Å². The molecule has 2 unspecified atom stereocenters. The monoisotopic (exact) mass is 614 g/mol. The normalized spacial score (nSPS) is 13.8. The van der Waals surface area contributed by atoms with E-state index < -0.39 is 12.1 Å². The van der Waals surface area contributed by atoms with Crippen molar-refractivity contribution in [1.82, 2.24) is 5.32 Å². The molecule has 0 aromatic rings. The van der Waals surface area contributed by atoms with E-state index in [1.54, 1.807) is 6.08 Å². The standard InChI is InChI=1S/C40H71NO3/c1-3-5-7-9-10-11-12-13-14-15-16-17-18-19-20-21-22-23-24-25-26-27-28-29-30-32-34-36-40(44)41-38(37-42)39(43)35-33-31-8-6-4-2/h5,7,10-11,13-14,16-17,33,35,38-39,42-43H,3-4,6,8-9,12,15,18-32,34,36-37H2,1-2H3,(H,41,44)/b7-5-,11-10-,14-13-,17-16-,35-33+. The maximum Gasteiger partial charge on any atom is 0.220 e. The Hall–Kier alpha value is -1.91. The number of aliphatic hydroxyl groups is 2. The number of carbonyl (C=O) groups is 1. The molecule has 2 atom stereocenters. The molecular formula is C40H71NO3. The Morgan fingerprint density at radius 2 is 1.00 bits per heavy atom. The number of unbranched alkanes of at least 4 members (excludes halogenated alkanes) is 17. The molecule has 0 radical (unpaired) electrons. The van der Waals surface area contributed by atoms with Crippen molar-refractivity contribution in [3.8, 4) is 0 Å². The Morgan fingerprint density at radius 3 is 1.50 bits per heavy atom. The predicted molar refractivity (Wildman–Crippen MR) is 193 cm³/mol. The van der Waals surface area contributed by atoms with Crippen LogP contribution in [-0.4, -0.2) is 34.9 Å². The second-order valence-electron chi connectivity index (χ2n) is 12.3. The summed E-state index contributed by atoms with van der Waals surface area (Å²) in [5.74, 6) is -0.0756. The molecule has 1 amide bonds. The van der Waals surface area contributed by atoms with Gasteiger partial charge in [0.25, 0.3) is 0 Å². The summed E-state index contributed by atoms with van der Waals surface area (Å²) in [7, 11) is 0. The maximum atomic E-state index is 12.2. The third kappa shape index (κ3) is 31.5. The Labute approximate surface area is 273 Å². The Kier molecular flexibility index (Phi) is 34.0. The number of allylic oxidation sites excluding steroid dienone is 9. The Morgan fingerprint density at radius 1 is 0.568 bits per heavy atom. The fraction of sp³-hybridized carbons (Fsp3) is 0.725. The van der Waals surface area contributed by atoms with E-state index in [9.17, 15) is 15.0 Å². The van der Waals surface area contributed by atoms with E-state index >= 15 is 0 Å². The highest BCUT2D eigenvalue weighted by atomic mass is 16.3. The second-order valence-corrected chi connectivity index (χ2v) is 12.3. The minimum absolute atomic E-state index is 0.0756. The van der Waals surface area contributed by atoms with Gasteiger partial charge in [-0.2, -0.15) is 0 Å². The molecule has 4 nitrogen and oxygen atoms in total. The zero-order chi connectivity index (χ0) is 32.2. The van der Waals surface area contributed by atoms with Crippen LogP contribution in [0.3, 0.4) is 0 Å². The summed E-state index contributed by atoms with van der Waals surface area (Å²) in [5, 5.41) is 22.6. The molecular weight excluding hydrogens is 542 g/mol. The van der Waals surface area contributed by atoms with Crippen molar-refractivity contribution in [2.24, 2.45) is 0 Å². The van der Waals surface area contributed by atoms with Gasteiger partial charge in [0.05, 0.1) is 18.8 Å². The summed E-state index contributed by atoms with van der Waals surface area (Å²) in [6, 6.07) is -0.619. The van der Waals surface area contributed by atoms with E-state index in [1.165, 1.54) is 96.3 Å². The van der Waals surface area contributed by atoms with Crippen molar-refractivity contribution in [3.63, 3.8) is 0 Å². The summed E-state index contributed by atoms with van der Waals surface area (Å²) in [6.45, 7) is 4.08. The lowest BCUT2D eigenvalue weighted by Crippen LogP contribution is -2.45. The topological polar surface area (TPSA) is 69.6 Å². The van der Waals surface area contributed by atoms with Crippen LogP contribution in [-0.2, 0) is 4.79 Å². The van der Waals surface area contributed by atoms with Gasteiger partial charge in [-0.1, -0.05) is 164 Å². The molecule has 44 heavy (non-hydrogen) atoms. The summed E-state index contributed by atoms with van der Waals surface area (Å²) in [6.07, 6.45) is 49.2. The molecule has 0 saturated heterocycles. The molecule has 0 aromatic carbocycles. The van der Waals surface area contributed by atoms with Crippen molar-refractivity contribution in [2.75, 3.05) is 6.61 Å². The van der Waals surface area contributed by atoms with Crippen molar-refractivity contribution in [1.29, 1.82) is 0 Å². The van der Waals surface area contributed by atoms with Crippen LogP contribution >= 0.6 is 0 Å². The molecule has 3 N–H and O–H groups in total. The highest BCUT2D eigenvalue weighted by Gasteiger charge is 2.17. The first-order valence-electron chi connectivity index (χ1n) is 18.5. The minimum Gasteiger partial charge on any atom is -0.394 e. The van der Waals surface area contributed by atoms with E-state index in [4.69, 9.17) is 0 Å². The van der Waals surface area contributed by atoms with E-state index in [0.717, 1.165) is 51.4 Å². The molecule has 0 saturated carbocycles. The first-order valence-corrected chi connectivity index (χ1v) is 18.5. The van der Waals surface area contributed by atoms with Crippen LogP contribution in [0.4, 0.5) is 0 Å². The van der Waals surface area contributed by atoms with Crippen molar-refractivity contribution in [2.45, 2.75) is 180 Å². The van der Waals surface area contributed by atoms with Gasteiger partial charge < -0.3 is 15.5 Å². The lowest BCUT2D eigenvalue weighted by Gasteiger charge is -2.20. The number of hydrogen-bond donors (Lipinski definition) is 3. The van der Waals surface area contributed by atoms with Crippen molar-refractivity contribution in [3.05, 3.63) is 60.8 Å². The average molecular weight is 614 g/mol. The van der Waals surface area contributed by atoms with Crippen molar-refractivity contribution >= 4 is 5.91 Å². The number of aliphatic hydroxyl groups excluding tert-OH is 2. The number of rotatable bonds is 32. The Balaban J connectivity index is 3.46. The Bertz CT molecular complexity index is 752. The van der Waals surface area contributed by atoms with E-state index in [2.05, 4.69) is 67.8 Å². The van der Waals surface area contributed by atoms with Gasteiger partial charge in [0.2, 0.25) is 5.91 Å². The second kappa shape index (κ2) is 35.6. The van der Waals surface area contributed by atoms with Gasteiger partial charge in [0.15, 0.2) is 0 Å². The number of amides is 1. The SMILES string of the molecule is CC/C=C\C/C=C\C/C=C\C/C=C\CCCCCCCCCCCCCCCCC(=O)NC(CO)C(O)/C=C/CCCCC. The van der Waals surface area contributed by atoms with Crippen LogP contribution in [0, 0.1) is 0 Å². The van der Waals surface area contributed by atoms with Crippen LogP contribution in [0.1, 0.15) is 168 Å². The summed E-state index contributed by atoms with van der Waals surface area (Å²) >= 11 is 0. The quantitative estimate of drug-likeness (QED) is 0.0522. The maximum absolute atomic E-state index is 12.2. The number of hydrogen-bond acceptors (Lipinski definition) is 3. The zero-order valence-electron chi connectivity index (χ0n) is 28.9. The van der Waals surface area contributed by atoms with Crippen LogP contribution in [0.2, 0.25) is 0 Å². The first kappa shape index (κ1) is 42.1. The van der Waals surface area contributed by atoms with Gasteiger partial charge in [-0.25, -0.2) is 0 Å². The molecule has 4 heteroatoms. The highest BCUT2D eigenvalue weighted by Crippen LogP contribution is 2.14. The van der Waals surface area contributed by atoms with Gasteiger partial charge in [-0.3, -0.25) is 4.79 Å². The zero-order valence-corrected chi connectivity index (χ0v) is 28.9. The summed E-state index contributed by atoms with van der Waals surface area (Å²) in [5.41, 5.74) is 0. The molecule has 0 aliphatic carbocycles. The molecule has 0 fully saturated rings. The molecule has 0 heterocycles. The van der Waals surface area contributed by atoms with E-state index in [1.807, 2.05) is 6.08 Å². The number of carbonyl (C=O) groups excluding carboxylic acids is 1. The fourth-order valence-corrected chi connectivity index (χ4v) is 5.17. The van der Waals surface area contributed by atoms with E-state index in [0.29, 0.717) is 6.42 Å².